The van der Waals surface area contributed by atoms with E-state index in [1.54, 1.807) is 24.3 Å². The molecule has 0 aliphatic heterocycles. The second kappa shape index (κ2) is 9.84. The number of hydrogen-bond acceptors (Lipinski definition) is 5. The van der Waals surface area contributed by atoms with Crippen LogP contribution in [0.2, 0.25) is 0 Å². The predicted molar refractivity (Wildman–Crippen MR) is 128 cm³/mol. The molecule has 8 nitrogen and oxygen atoms in total. The van der Waals surface area contributed by atoms with E-state index in [-0.39, 0.29) is 28.5 Å². The Morgan fingerprint density at radius 2 is 1.74 bits per heavy atom. The molecule has 0 saturated heterocycles. The summed E-state index contributed by atoms with van der Waals surface area (Å²) in [4.78, 5) is 31.5. The molecule has 0 spiro atoms. The number of sulfonamides is 1. The average Bonchev–Trinajstić information content (AvgIpc) is 2.79. The van der Waals surface area contributed by atoms with Crippen molar-refractivity contribution in [3.63, 3.8) is 0 Å². The summed E-state index contributed by atoms with van der Waals surface area (Å²) in [6, 6.07) is 17.8. The number of benzene rings is 3. The van der Waals surface area contributed by atoms with E-state index in [9.17, 15) is 22.4 Å². The molecule has 1 heterocycles. The zero-order chi connectivity index (χ0) is 24.1. The van der Waals surface area contributed by atoms with Crippen LogP contribution in [0.3, 0.4) is 0 Å². The summed E-state index contributed by atoms with van der Waals surface area (Å²) >= 11 is 0. The molecule has 10 heteroatoms. The number of carbonyl (C=O) groups excluding carboxylic acids is 1. The third-order valence-corrected chi connectivity index (χ3v) is 6.40. The number of H-pyrrole nitrogens is 1. The van der Waals surface area contributed by atoms with E-state index in [2.05, 4.69) is 20.0 Å². The minimum Gasteiger partial charge on any atom is -0.326 e. The van der Waals surface area contributed by atoms with Crippen LogP contribution < -0.4 is 15.6 Å². The molecule has 34 heavy (non-hydrogen) atoms. The maximum absolute atomic E-state index is 13.3. The Balaban J connectivity index is 1.32. The molecule has 0 saturated carbocycles. The molecule has 0 aliphatic carbocycles. The maximum atomic E-state index is 13.3. The van der Waals surface area contributed by atoms with Gasteiger partial charge in [0.15, 0.2) is 0 Å². The summed E-state index contributed by atoms with van der Waals surface area (Å²) in [6.07, 6.45) is 1.09. The molecule has 3 N–H and O–H groups in total. The molecule has 4 rings (SSSR count). The Hall–Kier alpha value is -4.05. The Morgan fingerprint density at radius 1 is 0.971 bits per heavy atom. The van der Waals surface area contributed by atoms with Crippen LogP contribution in [0.1, 0.15) is 18.7 Å². The van der Waals surface area contributed by atoms with Crippen LogP contribution in [0.4, 0.5) is 15.8 Å². The van der Waals surface area contributed by atoms with Crippen molar-refractivity contribution >= 4 is 38.2 Å². The van der Waals surface area contributed by atoms with Crippen molar-refractivity contribution in [3.05, 3.63) is 94.8 Å². The molecule has 174 valence electrons. The number of nitrogens with one attached hydrogen (secondary N) is 3. The van der Waals surface area contributed by atoms with Gasteiger partial charge in [-0.3, -0.25) is 14.3 Å². The number of aromatic amines is 1. The number of amides is 1. The number of nitrogens with zero attached hydrogens (tertiary/aromatic N) is 1. The third-order valence-electron chi connectivity index (χ3n) is 5.00. The minimum absolute atomic E-state index is 0.0268. The fourth-order valence-electron chi connectivity index (χ4n) is 3.38. The third kappa shape index (κ3) is 5.65. The fourth-order valence-corrected chi connectivity index (χ4v) is 4.43. The minimum atomic E-state index is -3.90. The van der Waals surface area contributed by atoms with E-state index in [0.717, 1.165) is 6.07 Å². The highest BCUT2D eigenvalue weighted by Gasteiger charge is 2.15. The Kier molecular flexibility index (Phi) is 6.69. The van der Waals surface area contributed by atoms with Gasteiger partial charge < -0.3 is 10.3 Å². The Labute approximate surface area is 194 Å². The highest BCUT2D eigenvalue weighted by atomic mass is 32.2. The van der Waals surface area contributed by atoms with Gasteiger partial charge in [-0.1, -0.05) is 18.2 Å². The largest absolute Gasteiger partial charge is 0.326 e. The molecule has 0 atom stereocenters. The van der Waals surface area contributed by atoms with E-state index in [4.69, 9.17) is 0 Å². The Morgan fingerprint density at radius 3 is 2.50 bits per heavy atom. The number of fused-ring (bicyclic) bond motifs is 1. The number of anilines is 2. The van der Waals surface area contributed by atoms with Crippen molar-refractivity contribution in [1.82, 2.24) is 9.97 Å². The molecule has 0 unspecified atom stereocenters. The molecule has 3 aromatic carbocycles. The summed E-state index contributed by atoms with van der Waals surface area (Å²) < 4.78 is 40.5. The first-order valence-corrected chi connectivity index (χ1v) is 11.9. The lowest BCUT2D eigenvalue weighted by atomic mass is 10.2. The van der Waals surface area contributed by atoms with Gasteiger partial charge in [0, 0.05) is 18.5 Å². The summed E-state index contributed by atoms with van der Waals surface area (Å²) in [5.74, 6) is -0.297. The number of halogens is 1. The van der Waals surface area contributed by atoms with Crippen molar-refractivity contribution in [2.45, 2.75) is 24.2 Å². The van der Waals surface area contributed by atoms with Gasteiger partial charge in [-0.05, 0) is 61.0 Å². The summed E-state index contributed by atoms with van der Waals surface area (Å²) in [5, 5.41) is 3.22. The lowest BCUT2D eigenvalue weighted by Crippen LogP contribution is -2.15. The molecule has 1 aromatic heterocycles. The molecular formula is C24H21FN4O4S. The van der Waals surface area contributed by atoms with Crippen LogP contribution in [0.5, 0.6) is 0 Å². The van der Waals surface area contributed by atoms with Crippen molar-refractivity contribution < 1.29 is 17.6 Å². The van der Waals surface area contributed by atoms with Crippen LogP contribution in [0, 0.1) is 5.82 Å². The molecular weight excluding hydrogens is 459 g/mol. The van der Waals surface area contributed by atoms with Crippen molar-refractivity contribution in [3.8, 4) is 0 Å². The molecule has 1 amide bonds. The van der Waals surface area contributed by atoms with Crippen LogP contribution in [0.15, 0.2) is 82.5 Å². The van der Waals surface area contributed by atoms with Gasteiger partial charge in [0.05, 0.1) is 21.5 Å². The second-order valence-corrected chi connectivity index (χ2v) is 9.25. The van der Waals surface area contributed by atoms with Crippen LogP contribution in [-0.2, 0) is 21.2 Å². The number of hydrogen-bond donors (Lipinski definition) is 3. The van der Waals surface area contributed by atoms with E-state index >= 15 is 0 Å². The van der Waals surface area contributed by atoms with E-state index < -0.39 is 15.8 Å². The normalized spacial score (nSPS) is 11.3. The van der Waals surface area contributed by atoms with Gasteiger partial charge in [-0.15, -0.1) is 0 Å². The van der Waals surface area contributed by atoms with Crippen molar-refractivity contribution in [1.29, 1.82) is 0 Å². The highest BCUT2D eigenvalue weighted by Crippen LogP contribution is 2.19. The molecule has 0 aliphatic rings. The monoisotopic (exact) mass is 480 g/mol. The Bertz CT molecular complexity index is 1500. The quantitative estimate of drug-likeness (QED) is 0.354. The van der Waals surface area contributed by atoms with Gasteiger partial charge in [0.25, 0.3) is 15.6 Å². The fraction of sp³-hybridized carbons (Fsp3) is 0.125. The standard InChI is InChI=1S/C24H21FN4O4S/c25-16-5-3-6-18(15-16)29-34(32,33)19-13-11-17(12-14-19)26-23(30)10-4-9-22-27-21-8-2-1-7-20(21)24(31)28-22/h1-3,5-8,11-15,29H,4,9-10H2,(H,26,30)(H,27,28,31). The number of rotatable bonds is 8. The van der Waals surface area contributed by atoms with Crippen LogP contribution >= 0.6 is 0 Å². The van der Waals surface area contributed by atoms with Crippen molar-refractivity contribution in [2.24, 2.45) is 0 Å². The first-order valence-electron chi connectivity index (χ1n) is 10.5. The van der Waals surface area contributed by atoms with Crippen LogP contribution in [0.25, 0.3) is 10.9 Å². The number of carbonyl (C=O) groups is 1. The second-order valence-electron chi connectivity index (χ2n) is 7.57. The van der Waals surface area contributed by atoms with E-state index in [1.165, 1.54) is 42.5 Å². The van der Waals surface area contributed by atoms with Gasteiger partial charge in [0.1, 0.15) is 11.6 Å². The van der Waals surface area contributed by atoms with Gasteiger partial charge in [-0.2, -0.15) is 0 Å². The number of aromatic nitrogens is 2. The van der Waals surface area contributed by atoms with E-state index in [0.29, 0.717) is 35.3 Å². The number of para-hydroxylation sites is 1. The molecule has 4 aromatic rings. The molecule has 0 fully saturated rings. The average molecular weight is 481 g/mol. The zero-order valence-electron chi connectivity index (χ0n) is 17.9. The van der Waals surface area contributed by atoms with Gasteiger partial charge in [-0.25, -0.2) is 17.8 Å². The molecule has 0 radical (unpaired) electrons. The summed E-state index contributed by atoms with van der Waals surface area (Å²) in [5.41, 5.74) is 0.936. The topological polar surface area (TPSA) is 121 Å². The van der Waals surface area contributed by atoms with Crippen molar-refractivity contribution in [2.75, 3.05) is 10.0 Å². The maximum Gasteiger partial charge on any atom is 0.261 e. The number of aryl methyl sites for hydroxylation is 1. The van der Waals surface area contributed by atoms with Gasteiger partial charge in [0.2, 0.25) is 5.91 Å². The van der Waals surface area contributed by atoms with Gasteiger partial charge >= 0.3 is 0 Å². The summed E-state index contributed by atoms with van der Waals surface area (Å²) in [7, 11) is -3.90. The SMILES string of the molecule is O=C(CCCc1nc2ccccc2c(=O)[nH]1)Nc1ccc(S(=O)(=O)Nc2cccc(F)c2)cc1. The zero-order valence-corrected chi connectivity index (χ0v) is 18.7. The molecule has 0 bridgehead atoms. The first-order chi connectivity index (χ1) is 16.3. The first kappa shape index (κ1) is 23.1. The smallest absolute Gasteiger partial charge is 0.261 e. The highest BCUT2D eigenvalue weighted by molar-refractivity contribution is 7.92. The lowest BCUT2D eigenvalue weighted by molar-refractivity contribution is -0.116. The van der Waals surface area contributed by atoms with Crippen LogP contribution in [-0.4, -0.2) is 24.3 Å². The lowest BCUT2D eigenvalue weighted by Gasteiger charge is -2.10. The van der Waals surface area contributed by atoms with E-state index in [1.807, 2.05) is 0 Å². The predicted octanol–water partition coefficient (Wildman–Crippen LogP) is 3.82. The summed E-state index contributed by atoms with van der Waals surface area (Å²) in [6.45, 7) is 0.